The van der Waals surface area contributed by atoms with E-state index < -0.39 is 0 Å². The molecule has 7 nitrogen and oxygen atoms in total. The molecule has 2 fully saturated rings. The van der Waals surface area contributed by atoms with Crippen molar-refractivity contribution in [2.75, 3.05) is 46.1 Å². The zero-order valence-corrected chi connectivity index (χ0v) is 29.2. The highest BCUT2D eigenvalue weighted by molar-refractivity contribution is 5.99. The lowest BCUT2D eigenvalue weighted by atomic mass is 9.88. The van der Waals surface area contributed by atoms with Gasteiger partial charge in [0.15, 0.2) is 11.5 Å². The average molecular weight is 673 g/mol. The summed E-state index contributed by atoms with van der Waals surface area (Å²) in [7, 11) is 0. The van der Waals surface area contributed by atoms with Crippen LogP contribution in [0.5, 0.6) is 23.0 Å². The summed E-state index contributed by atoms with van der Waals surface area (Å²) in [5, 5.41) is 0. The molecule has 0 N–H and O–H groups in total. The van der Waals surface area contributed by atoms with Crippen LogP contribution in [0.15, 0.2) is 97.1 Å². The maximum atomic E-state index is 12.7. The monoisotopic (exact) mass is 672 g/mol. The Balaban J connectivity index is 1.17. The SMILES string of the molecule is CCC(=C(c1ccc(OC(=O)c2ccccc2)cc1)c1ccc(OC(CN2CCCCC2)CN2CCCCC2)cc1)c1ccc2c(c1)OCO2. The first-order chi connectivity index (χ1) is 24.6. The number of benzene rings is 4. The van der Waals surface area contributed by atoms with Crippen molar-refractivity contribution in [1.82, 2.24) is 9.80 Å². The molecule has 3 heterocycles. The first kappa shape index (κ1) is 33.9. The van der Waals surface area contributed by atoms with Gasteiger partial charge in [-0.3, -0.25) is 9.80 Å². The summed E-state index contributed by atoms with van der Waals surface area (Å²) in [6.45, 7) is 9.00. The lowest BCUT2D eigenvalue weighted by molar-refractivity contribution is 0.0734. The molecule has 0 amide bonds. The number of carbonyl (C=O) groups is 1. The summed E-state index contributed by atoms with van der Waals surface area (Å²) in [6, 6.07) is 31.6. The Morgan fingerprint density at radius 1 is 0.640 bits per heavy atom. The standard InChI is InChI=1S/C43H48N2O5/c1-2-39(35-18-23-40-41(28-35)48-31-47-40)42(33-16-21-37(22-17-33)50-43(46)34-12-6-3-7-13-34)32-14-19-36(20-15-32)49-38(29-44-24-8-4-9-25-44)30-45-26-10-5-11-27-45/h3,6-7,12-23,28,38H,2,4-5,8-11,24-27,29-31H2,1H3. The second-order valence-electron chi connectivity index (χ2n) is 13.5. The summed E-state index contributed by atoms with van der Waals surface area (Å²) >= 11 is 0. The molecule has 3 aliphatic heterocycles. The topological polar surface area (TPSA) is 60.5 Å². The number of esters is 1. The Hall–Kier alpha value is -4.59. The fourth-order valence-electron chi connectivity index (χ4n) is 7.44. The first-order valence-corrected chi connectivity index (χ1v) is 18.4. The minimum Gasteiger partial charge on any atom is -0.488 e. The van der Waals surface area contributed by atoms with E-state index in [9.17, 15) is 4.79 Å². The fraction of sp³-hybridized carbons (Fsp3) is 0.372. The summed E-state index contributed by atoms with van der Waals surface area (Å²) in [6.07, 6.45) is 8.70. The van der Waals surface area contributed by atoms with Gasteiger partial charge >= 0.3 is 5.97 Å². The van der Waals surface area contributed by atoms with Gasteiger partial charge in [-0.25, -0.2) is 4.79 Å². The van der Waals surface area contributed by atoms with Crippen LogP contribution in [0.25, 0.3) is 11.1 Å². The van der Waals surface area contributed by atoms with Crippen molar-refractivity contribution in [1.29, 1.82) is 0 Å². The minimum atomic E-state index is -0.377. The summed E-state index contributed by atoms with van der Waals surface area (Å²) in [4.78, 5) is 17.9. The largest absolute Gasteiger partial charge is 0.488 e. The molecule has 0 aromatic heterocycles. The van der Waals surface area contributed by atoms with Crippen molar-refractivity contribution in [3.8, 4) is 23.0 Å². The molecule has 50 heavy (non-hydrogen) atoms. The third-order valence-corrected chi connectivity index (χ3v) is 10.0. The van der Waals surface area contributed by atoms with Crippen LogP contribution in [0, 0.1) is 0 Å². The molecule has 7 rings (SSSR count). The molecule has 2 saturated heterocycles. The van der Waals surface area contributed by atoms with Crippen LogP contribution >= 0.6 is 0 Å². The number of carbonyl (C=O) groups excluding carboxylic acids is 1. The van der Waals surface area contributed by atoms with Crippen LogP contribution in [-0.2, 0) is 0 Å². The number of allylic oxidation sites excluding steroid dienone is 1. The molecule has 4 aromatic carbocycles. The van der Waals surface area contributed by atoms with E-state index in [4.69, 9.17) is 18.9 Å². The zero-order chi connectivity index (χ0) is 34.1. The van der Waals surface area contributed by atoms with Crippen LogP contribution in [-0.4, -0.2) is 67.9 Å². The molecule has 0 spiro atoms. The normalized spacial score (nSPS) is 17.0. The molecule has 0 bridgehead atoms. The van der Waals surface area contributed by atoms with Crippen LogP contribution in [0.3, 0.4) is 0 Å². The molecule has 0 saturated carbocycles. The number of ether oxygens (including phenoxy) is 4. The third-order valence-electron chi connectivity index (χ3n) is 10.0. The van der Waals surface area contributed by atoms with Gasteiger partial charge in [-0.05, 0) is 135 Å². The van der Waals surface area contributed by atoms with Crippen molar-refractivity contribution < 1.29 is 23.7 Å². The lowest BCUT2D eigenvalue weighted by Crippen LogP contribution is -2.46. The second-order valence-corrected chi connectivity index (χ2v) is 13.5. The number of fused-ring (bicyclic) bond motifs is 1. The molecule has 3 aliphatic rings. The lowest BCUT2D eigenvalue weighted by Gasteiger charge is -2.34. The Kier molecular flexibility index (Phi) is 11.1. The second kappa shape index (κ2) is 16.4. The van der Waals surface area contributed by atoms with Crippen LogP contribution < -0.4 is 18.9 Å². The molecule has 0 atom stereocenters. The first-order valence-electron chi connectivity index (χ1n) is 18.4. The summed E-state index contributed by atoms with van der Waals surface area (Å²) in [5.74, 6) is 2.54. The van der Waals surface area contributed by atoms with Crippen molar-refractivity contribution in [2.24, 2.45) is 0 Å². The highest BCUT2D eigenvalue weighted by Crippen LogP contribution is 2.40. The van der Waals surface area contributed by atoms with Gasteiger partial charge < -0.3 is 18.9 Å². The summed E-state index contributed by atoms with van der Waals surface area (Å²) in [5.41, 5.74) is 6.00. The molecular formula is C43H48N2O5. The molecule has 7 heteroatoms. The highest BCUT2D eigenvalue weighted by Gasteiger charge is 2.23. The van der Waals surface area contributed by atoms with Gasteiger partial charge in [-0.2, -0.15) is 0 Å². The Labute approximate surface area is 296 Å². The van der Waals surface area contributed by atoms with E-state index in [2.05, 4.69) is 53.1 Å². The average Bonchev–Trinajstić information content (AvgIpc) is 3.64. The van der Waals surface area contributed by atoms with Crippen molar-refractivity contribution in [3.05, 3.63) is 119 Å². The Bertz CT molecular complexity index is 1720. The van der Waals surface area contributed by atoms with Gasteiger partial charge in [0, 0.05) is 13.1 Å². The summed E-state index contributed by atoms with van der Waals surface area (Å²) < 4.78 is 23.9. The van der Waals surface area contributed by atoms with E-state index in [-0.39, 0.29) is 18.9 Å². The molecule has 0 unspecified atom stereocenters. The number of hydrogen-bond acceptors (Lipinski definition) is 7. The van der Waals surface area contributed by atoms with Gasteiger partial charge in [-0.15, -0.1) is 0 Å². The van der Waals surface area contributed by atoms with Gasteiger partial charge in [0.05, 0.1) is 5.56 Å². The zero-order valence-electron chi connectivity index (χ0n) is 29.2. The van der Waals surface area contributed by atoms with Gasteiger partial charge in [0.1, 0.15) is 17.6 Å². The maximum Gasteiger partial charge on any atom is 0.343 e. The van der Waals surface area contributed by atoms with Crippen LogP contribution in [0.1, 0.15) is 78.9 Å². The smallest absolute Gasteiger partial charge is 0.343 e. The van der Waals surface area contributed by atoms with Crippen LogP contribution in [0.2, 0.25) is 0 Å². The molecular weight excluding hydrogens is 624 g/mol. The van der Waals surface area contributed by atoms with Crippen molar-refractivity contribution >= 4 is 17.1 Å². The van der Waals surface area contributed by atoms with E-state index in [1.54, 1.807) is 12.1 Å². The van der Waals surface area contributed by atoms with E-state index >= 15 is 0 Å². The van der Waals surface area contributed by atoms with Crippen molar-refractivity contribution in [3.63, 3.8) is 0 Å². The number of likely N-dealkylation sites (tertiary alicyclic amines) is 2. The van der Waals surface area contributed by atoms with E-state index in [0.29, 0.717) is 11.3 Å². The van der Waals surface area contributed by atoms with Gasteiger partial charge in [0.25, 0.3) is 0 Å². The van der Waals surface area contributed by atoms with Crippen LogP contribution in [0.4, 0.5) is 0 Å². The van der Waals surface area contributed by atoms with E-state index in [1.165, 1.54) is 44.1 Å². The maximum absolute atomic E-state index is 12.7. The molecule has 260 valence electrons. The molecule has 0 aliphatic carbocycles. The van der Waals surface area contributed by atoms with Crippen molar-refractivity contribution in [2.45, 2.75) is 58.0 Å². The Morgan fingerprint density at radius 2 is 1.20 bits per heavy atom. The number of rotatable bonds is 12. The number of nitrogens with zero attached hydrogens (tertiary/aromatic N) is 2. The fourth-order valence-corrected chi connectivity index (χ4v) is 7.44. The van der Waals surface area contributed by atoms with E-state index in [0.717, 1.165) is 85.2 Å². The van der Waals surface area contributed by atoms with Gasteiger partial charge in [-0.1, -0.05) is 68.3 Å². The Morgan fingerprint density at radius 3 is 1.80 bits per heavy atom. The van der Waals surface area contributed by atoms with E-state index in [1.807, 2.05) is 48.5 Å². The number of piperidine rings is 2. The predicted octanol–water partition coefficient (Wildman–Crippen LogP) is 8.72. The third kappa shape index (κ3) is 8.40. The predicted molar refractivity (Wildman–Crippen MR) is 198 cm³/mol. The highest BCUT2D eigenvalue weighted by atomic mass is 16.7. The minimum absolute atomic E-state index is 0.123. The molecule has 0 radical (unpaired) electrons. The quantitative estimate of drug-likeness (QED) is 0.0848. The molecule has 4 aromatic rings. The number of hydrogen-bond donors (Lipinski definition) is 0. The van der Waals surface area contributed by atoms with Gasteiger partial charge in [0.2, 0.25) is 6.79 Å².